The summed E-state index contributed by atoms with van der Waals surface area (Å²) in [4.78, 5) is 13.3. The van der Waals surface area contributed by atoms with Crippen LogP contribution in [0.4, 0.5) is 0 Å². The minimum absolute atomic E-state index is 0. The van der Waals surface area contributed by atoms with E-state index in [9.17, 15) is 4.79 Å². The highest BCUT2D eigenvalue weighted by molar-refractivity contribution is 6.30. The zero-order valence-corrected chi connectivity index (χ0v) is 12.1. The van der Waals surface area contributed by atoms with Crippen molar-refractivity contribution in [2.24, 2.45) is 0 Å². The SMILES string of the molecule is CCOC(=O)C(Oc1ccc(Cl)cc1)N(C)C.Cl. The van der Waals surface area contributed by atoms with Crippen molar-refractivity contribution in [3.05, 3.63) is 29.3 Å². The number of hydrogen-bond donors (Lipinski definition) is 0. The molecule has 1 unspecified atom stereocenters. The van der Waals surface area contributed by atoms with Crippen LogP contribution in [0.3, 0.4) is 0 Å². The van der Waals surface area contributed by atoms with Crippen LogP contribution < -0.4 is 4.74 Å². The van der Waals surface area contributed by atoms with Crippen LogP contribution in [0.15, 0.2) is 24.3 Å². The fraction of sp³-hybridized carbons (Fsp3) is 0.417. The lowest BCUT2D eigenvalue weighted by molar-refractivity contribution is -0.158. The van der Waals surface area contributed by atoms with Gasteiger partial charge in [-0.25, -0.2) is 4.79 Å². The molecule has 0 bridgehead atoms. The monoisotopic (exact) mass is 293 g/mol. The standard InChI is InChI=1S/C12H16ClNO3.ClH/c1-4-16-12(15)11(14(2)3)17-10-7-5-9(13)6-8-10;/h5-8,11H,4H2,1-3H3;1H. The van der Waals surface area contributed by atoms with Gasteiger partial charge in [0.2, 0.25) is 0 Å². The van der Waals surface area contributed by atoms with Crippen molar-refractivity contribution < 1.29 is 14.3 Å². The molecule has 0 heterocycles. The largest absolute Gasteiger partial charge is 0.464 e. The van der Waals surface area contributed by atoms with E-state index in [1.54, 1.807) is 50.2 Å². The molecule has 18 heavy (non-hydrogen) atoms. The molecule has 0 radical (unpaired) electrons. The summed E-state index contributed by atoms with van der Waals surface area (Å²) in [6.45, 7) is 2.08. The summed E-state index contributed by atoms with van der Waals surface area (Å²) in [5.74, 6) is 0.161. The van der Waals surface area contributed by atoms with Gasteiger partial charge < -0.3 is 9.47 Å². The van der Waals surface area contributed by atoms with Gasteiger partial charge in [-0.2, -0.15) is 0 Å². The fourth-order valence-electron chi connectivity index (χ4n) is 1.22. The maximum atomic E-state index is 11.6. The Morgan fingerprint density at radius 2 is 1.89 bits per heavy atom. The first-order valence-corrected chi connectivity index (χ1v) is 5.67. The van der Waals surface area contributed by atoms with E-state index in [-0.39, 0.29) is 12.4 Å². The Morgan fingerprint density at radius 1 is 1.33 bits per heavy atom. The summed E-state index contributed by atoms with van der Waals surface area (Å²) < 4.78 is 10.5. The molecule has 0 aliphatic carbocycles. The molecule has 0 aliphatic rings. The average Bonchev–Trinajstić information content (AvgIpc) is 2.28. The third-order valence-corrected chi connectivity index (χ3v) is 2.27. The molecule has 0 saturated heterocycles. The molecule has 4 nitrogen and oxygen atoms in total. The predicted octanol–water partition coefficient (Wildman–Crippen LogP) is 2.59. The van der Waals surface area contributed by atoms with Gasteiger partial charge in [-0.15, -0.1) is 12.4 Å². The molecule has 0 saturated carbocycles. The van der Waals surface area contributed by atoms with Crippen molar-refractivity contribution in [2.45, 2.75) is 13.2 Å². The maximum absolute atomic E-state index is 11.6. The minimum Gasteiger partial charge on any atom is -0.464 e. The van der Waals surface area contributed by atoms with Crippen molar-refractivity contribution in [3.63, 3.8) is 0 Å². The predicted molar refractivity (Wildman–Crippen MR) is 73.4 cm³/mol. The Bertz CT molecular complexity index is 368. The second-order valence-corrected chi connectivity index (χ2v) is 4.08. The zero-order valence-electron chi connectivity index (χ0n) is 10.6. The van der Waals surface area contributed by atoms with Crippen LogP contribution in [-0.2, 0) is 9.53 Å². The summed E-state index contributed by atoms with van der Waals surface area (Å²) in [5, 5.41) is 0.620. The van der Waals surface area contributed by atoms with Crippen molar-refractivity contribution in [2.75, 3.05) is 20.7 Å². The van der Waals surface area contributed by atoms with E-state index in [0.29, 0.717) is 17.4 Å². The number of hydrogen-bond acceptors (Lipinski definition) is 4. The summed E-state index contributed by atoms with van der Waals surface area (Å²) in [5.41, 5.74) is 0. The molecule has 0 amide bonds. The molecule has 1 rings (SSSR count). The number of halogens is 2. The molecule has 0 aliphatic heterocycles. The number of benzene rings is 1. The van der Waals surface area contributed by atoms with E-state index < -0.39 is 12.2 Å². The van der Waals surface area contributed by atoms with Crippen LogP contribution in [0.25, 0.3) is 0 Å². The third kappa shape index (κ3) is 5.12. The average molecular weight is 294 g/mol. The van der Waals surface area contributed by atoms with Gasteiger partial charge in [0.1, 0.15) is 5.75 Å². The fourth-order valence-corrected chi connectivity index (χ4v) is 1.35. The van der Waals surface area contributed by atoms with Crippen LogP contribution in [0, 0.1) is 0 Å². The van der Waals surface area contributed by atoms with Gasteiger partial charge in [-0.05, 0) is 45.3 Å². The smallest absolute Gasteiger partial charge is 0.363 e. The van der Waals surface area contributed by atoms with Crippen LogP contribution in [0.1, 0.15) is 6.92 Å². The molecule has 0 spiro atoms. The van der Waals surface area contributed by atoms with E-state index in [2.05, 4.69) is 0 Å². The highest BCUT2D eigenvalue weighted by Gasteiger charge is 2.23. The summed E-state index contributed by atoms with van der Waals surface area (Å²) in [7, 11) is 3.50. The lowest BCUT2D eigenvalue weighted by atomic mass is 10.3. The lowest BCUT2D eigenvalue weighted by Gasteiger charge is -2.23. The normalized spacial score (nSPS) is 11.6. The molecular formula is C12H17Cl2NO3. The van der Waals surface area contributed by atoms with E-state index in [4.69, 9.17) is 21.1 Å². The molecule has 1 aromatic carbocycles. The van der Waals surface area contributed by atoms with Gasteiger partial charge in [0.25, 0.3) is 6.23 Å². The lowest BCUT2D eigenvalue weighted by Crippen LogP contribution is -2.41. The molecule has 1 atom stereocenters. The first kappa shape index (κ1) is 17.0. The Labute approximate surface area is 118 Å². The van der Waals surface area contributed by atoms with Crippen LogP contribution >= 0.6 is 24.0 Å². The van der Waals surface area contributed by atoms with Gasteiger partial charge in [-0.1, -0.05) is 11.6 Å². The molecule has 0 aromatic heterocycles. The molecule has 1 aromatic rings. The minimum atomic E-state index is -0.754. The van der Waals surface area contributed by atoms with Crippen molar-refractivity contribution >= 4 is 30.0 Å². The van der Waals surface area contributed by atoms with E-state index in [1.807, 2.05) is 0 Å². The van der Waals surface area contributed by atoms with E-state index in [0.717, 1.165) is 0 Å². The zero-order chi connectivity index (χ0) is 12.8. The van der Waals surface area contributed by atoms with Crippen LogP contribution in [-0.4, -0.2) is 37.8 Å². The Balaban J connectivity index is 0.00000289. The summed E-state index contributed by atoms with van der Waals surface area (Å²) in [6.07, 6.45) is -0.754. The van der Waals surface area contributed by atoms with Gasteiger partial charge in [0.15, 0.2) is 0 Å². The van der Waals surface area contributed by atoms with E-state index >= 15 is 0 Å². The van der Waals surface area contributed by atoms with Crippen molar-refractivity contribution in [1.29, 1.82) is 0 Å². The van der Waals surface area contributed by atoms with E-state index in [1.165, 1.54) is 0 Å². The second-order valence-electron chi connectivity index (χ2n) is 3.64. The van der Waals surface area contributed by atoms with Crippen LogP contribution in [0.5, 0.6) is 5.75 Å². The third-order valence-electron chi connectivity index (χ3n) is 2.02. The van der Waals surface area contributed by atoms with Crippen LogP contribution in [0.2, 0.25) is 5.02 Å². The Morgan fingerprint density at radius 3 is 2.33 bits per heavy atom. The number of likely N-dealkylation sites (N-methyl/N-ethyl adjacent to an activating group) is 1. The summed E-state index contributed by atoms with van der Waals surface area (Å²) in [6, 6.07) is 6.82. The van der Waals surface area contributed by atoms with Crippen molar-refractivity contribution in [3.8, 4) is 5.75 Å². The number of nitrogens with zero attached hydrogens (tertiary/aromatic N) is 1. The number of ether oxygens (including phenoxy) is 2. The molecular weight excluding hydrogens is 277 g/mol. The van der Waals surface area contributed by atoms with Gasteiger partial charge >= 0.3 is 5.97 Å². The van der Waals surface area contributed by atoms with Gasteiger partial charge in [0.05, 0.1) is 6.61 Å². The Hall–Kier alpha value is -0.970. The highest BCUT2D eigenvalue weighted by atomic mass is 35.5. The first-order chi connectivity index (χ1) is 8.04. The quantitative estimate of drug-likeness (QED) is 0.618. The first-order valence-electron chi connectivity index (χ1n) is 5.30. The second kappa shape index (κ2) is 8.19. The Kier molecular flexibility index (Phi) is 7.75. The van der Waals surface area contributed by atoms with Gasteiger partial charge in [0, 0.05) is 5.02 Å². The number of carbonyl (C=O) groups is 1. The molecule has 102 valence electrons. The molecule has 6 heteroatoms. The van der Waals surface area contributed by atoms with Crippen molar-refractivity contribution in [1.82, 2.24) is 4.90 Å². The number of esters is 1. The molecule has 0 fully saturated rings. The van der Waals surface area contributed by atoms with Gasteiger partial charge in [-0.3, -0.25) is 4.90 Å². The number of carbonyl (C=O) groups excluding carboxylic acids is 1. The maximum Gasteiger partial charge on any atom is 0.363 e. The highest BCUT2D eigenvalue weighted by Crippen LogP contribution is 2.17. The molecule has 0 N–H and O–H groups in total. The number of rotatable bonds is 5. The topological polar surface area (TPSA) is 38.8 Å². The summed E-state index contributed by atoms with van der Waals surface area (Å²) >= 11 is 5.77.